The van der Waals surface area contributed by atoms with E-state index < -0.39 is 0 Å². The molecule has 0 radical (unpaired) electrons. The summed E-state index contributed by atoms with van der Waals surface area (Å²) in [7, 11) is 1.96. The number of benzene rings is 1. The summed E-state index contributed by atoms with van der Waals surface area (Å²) in [4.78, 5) is 0. The maximum atomic E-state index is 13.1. The monoisotopic (exact) mass is 363 g/mol. The third-order valence-electron chi connectivity index (χ3n) is 3.49. The van der Waals surface area contributed by atoms with Crippen LogP contribution in [0.15, 0.2) is 18.2 Å². The second-order valence-corrected chi connectivity index (χ2v) is 5.88. The minimum absolute atomic E-state index is 0.169. The zero-order valence-electron chi connectivity index (χ0n) is 10.6. The molecule has 0 aromatic heterocycles. The molecule has 18 heavy (non-hydrogen) atoms. The van der Waals surface area contributed by atoms with Gasteiger partial charge in [-0.1, -0.05) is 6.07 Å². The predicted molar refractivity (Wildman–Crippen MR) is 79.1 cm³/mol. The minimum atomic E-state index is -0.169. The first-order valence-electron chi connectivity index (χ1n) is 6.44. The fourth-order valence-corrected chi connectivity index (χ4v) is 3.32. The van der Waals surface area contributed by atoms with E-state index in [1.807, 2.05) is 13.1 Å². The summed E-state index contributed by atoms with van der Waals surface area (Å²) in [6.07, 6.45) is 4.88. The predicted octanol–water partition coefficient (Wildman–Crippen LogP) is 3.65. The smallest absolute Gasteiger partial charge is 0.124 e. The Morgan fingerprint density at radius 1 is 1.56 bits per heavy atom. The fourth-order valence-electron chi connectivity index (χ4n) is 2.46. The Bertz CT molecular complexity index is 393. The van der Waals surface area contributed by atoms with Crippen molar-refractivity contribution >= 4 is 22.6 Å². The molecule has 1 saturated heterocycles. The molecular weight excluding hydrogens is 344 g/mol. The normalized spacial score (nSPS) is 21.2. The fraction of sp³-hybridized carbons (Fsp3) is 0.571. The van der Waals surface area contributed by atoms with E-state index in [1.165, 1.54) is 24.5 Å². The average molecular weight is 363 g/mol. The van der Waals surface area contributed by atoms with Gasteiger partial charge >= 0.3 is 0 Å². The third kappa shape index (κ3) is 3.65. The summed E-state index contributed by atoms with van der Waals surface area (Å²) in [5.74, 6) is -0.169. The molecule has 2 unspecified atom stereocenters. The Hall–Kier alpha value is -0.200. The van der Waals surface area contributed by atoms with E-state index in [2.05, 4.69) is 27.9 Å². The number of ether oxygens (including phenoxy) is 1. The van der Waals surface area contributed by atoms with Crippen LogP contribution in [-0.4, -0.2) is 19.8 Å². The molecule has 0 amide bonds. The Morgan fingerprint density at radius 3 is 3.00 bits per heavy atom. The number of rotatable bonds is 5. The largest absolute Gasteiger partial charge is 0.378 e. The molecule has 1 aromatic rings. The second kappa shape index (κ2) is 6.82. The molecule has 0 bridgehead atoms. The Labute approximate surface area is 121 Å². The lowest BCUT2D eigenvalue weighted by atomic mass is 9.99. The van der Waals surface area contributed by atoms with Crippen LogP contribution in [-0.2, 0) is 4.74 Å². The van der Waals surface area contributed by atoms with Crippen LogP contribution in [0.2, 0.25) is 0 Å². The molecule has 100 valence electrons. The van der Waals surface area contributed by atoms with Gasteiger partial charge in [-0.05, 0) is 73.0 Å². The standard InChI is InChI=1S/C14H19FINO/c1-17-14(7-5-11-3-2-8-18-11)12-6-4-10(15)9-13(12)16/h4,6,9,11,14,17H,2-3,5,7-8H2,1H3. The summed E-state index contributed by atoms with van der Waals surface area (Å²) in [6, 6.07) is 5.29. The van der Waals surface area contributed by atoms with Crippen LogP contribution < -0.4 is 5.32 Å². The molecule has 1 fully saturated rings. The van der Waals surface area contributed by atoms with E-state index in [1.54, 1.807) is 6.07 Å². The van der Waals surface area contributed by atoms with E-state index >= 15 is 0 Å². The topological polar surface area (TPSA) is 21.3 Å². The summed E-state index contributed by atoms with van der Waals surface area (Å²) >= 11 is 2.20. The highest BCUT2D eigenvalue weighted by Crippen LogP contribution is 2.27. The van der Waals surface area contributed by atoms with Gasteiger partial charge in [0.1, 0.15) is 5.82 Å². The summed E-state index contributed by atoms with van der Waals surface area (Å²) in [6.45, 7) is 0.906. The summed E-state index contributed by atoms with van der Waals surface area (Å²) in [5, 5.41) is 3.32. The van der Waals surface area contributed by atoms with Gasteiger partial charge in [-0.25, -0.2) is 4.39 Å². The number of halogens is 2. The quantitative estimate of drug-likeness (QED) is 0.807. The van der Waals surface area contributed by atoms with Crippen molar-refractivity contribution < 1.29 is 9.13 Å². The molecule has 0 aliphatic carbocycles. The zero-order chi connectivity index (χ0) is 13.0. The molecule has 1 aliphatic rings. The molecule has 2 nitrogen and oxygen atoms in total. The first kappa shape index (κ1) is 14.2. The van der Waals surface area contributed by atoms with Crippen molar-refractivity contribution in [2.75, 3.05) is 13.7 Å². The van der Waals surface area contributed by atoms with Gasteiger partial charge in [0.2, 0.25) is 0 Å². The van der Waals surface area contributed by atoms with E-state index in [4.69, 9.17) is 4.74 Å². The molecule has 1 N–H and O–H groups in total. The first-order valence-corrected chi connectivity index (χ1v) is 7.52. The van der Waals surface area contributed by atoms with Crippen LogP contribution in [0.25, 0.3) is 0 Å². The lowest BCUT2D eigenvalue weighted by molar-refractivity contribution is 0.0998. The Balaban J connectivity index is 1.98. The van der Waals surface area contributed by atoms with Crippen molar-refractivity contribution in [2.45, 2.75) is 37.8 Å². The first-order chi connectivity index (χ1) is 8.70. The van der Waals surface area contributed by atoms with Crippen molar-refractivity contribution in [3.05, 3.63) is 33.1 Å². The molecule has 0 spiro atoms. The van der Waals surface area contributed by atoms with Crippen LogP contribution in [0.5, 0.6) is 0 Å². The van der Waals surface area contributed by atoms with Gasteiger partial charge in [0.15, 0.2) is 0 Å². The van der Waals surface area contributed by atoms with Gasteiger partial charge in [0.25, 0.3) is 0 Å². The summed E-state index contributed by atoms with van der Waals surface area (Å²) < 4.78 is 19.7. The Kier molecular flexibility index (Phi) is 5.38. The van der Waals surface area contributed by atoms with E-state index in [0.29, 0.717) is 6.10 Å². The van der Waals surface area contributed by atoms with E-state index in [9.17, 15) is 4.39 Å². The van der Waals surface area contributed by atoms with E-state index in [-0.39, 0.29) is 11.9 Å². The molecule has 1 aromatic carbocycles. The molecule has 4 heteroatoms. The number of hydrogen-bond donors (Lipinski definition) is 1. The lowest BCUT2D eigenvalue weighted by Crippen LogP contribution is -2.19. The maximum absolute atomic E-state index is 13.1. The van der Waals surface area contributed by atoms with Gasteiger partial charge in [-0.15, -0.1) is 0 Å². The molecule has 0 saturated carbocycles. The van der Waals surface area contributed by atoms with Crippen LogP contribution in [0.4, 0.5) is 4.39 Å². The van der Waals surface area contributed by atoms with Gasteiger partial charge in [0.05, 0.1) is 6.10 Å². The average Bonchev–Trinajstić information content (AvgIpc) is 2.85. The molecule has 1 aliphatic heterocycles. The van der Waals surface area contributed by atoms with Crippen LogP contribution in [0.1, 0.15) is 37.3 Å². The zero-order valence-corrected chi connectivity index (χ0v) is 12.7. The highest BCUT2D eigenvalue weighted by Gasteiger charge is 2.19. The van der Waals surface area contributed by atoms with Crippen molar-refractivity contribution in [1.29, 1.82) is 0 Å². The highest BCUT2D eigenvalue weighted by atomic mass is 127. The van der Waals surface area contributed by atoms with Gasteiger partial charge in [0, 0.05) is 16.2 Å². The highest BCUT2D eigenvalue weighted by molar-refractivity contribution is 14.1. The third-order valence-corrected chi connectivity index (χ3v) is 4.42. The number of hydrogen-bond acceptors (Lipinski definition) is 2. The van der Waals surface area contributed by atoms with Crippen molar-refractivity contribution in [3.63, 3.8) is 0 Å². The van der Waals surface area contributed by atoms with Crippen molar-refractivity contribution in [2.24, 2.45) is 0 Å². The lowest BCUT2D eigenvalue weighted by Gasteiger charge is -2.20. The maximum Gasteiger partial charge on any atom is 0.124 e. The molecule has 2 atom stereocenters. The van der Waals surface area contributed by atoms with Gasteiger partial charge in [-0.3, -0.25) is 0 Å². The van der Waals surface area contributed by atoms with Crippen molar-refractivity contribution in [1.82, 2.24) is 5.32 Å². The molecule has 2 rings (SSSR count). The minimum Gasteiger partial charge on any atom is -0.378 e. The van der Waals surface area contributed by atoms with E-state index in [0.717, 1.165) is 23.0 Å². The second-order valence-electron chi connectivity index (χ2n) is 4.72. The van der Waals surface area contributed by atoms with Crippen molar-refractivity contribution in [3.8, 4) is 0 Å². The van der Waals surface area contributed by atoms with Crippen LogP contribution >= 0.6 is 22.6 Å². The summed E-state index contributed by atoms with van der Waals surface area (Å²) in [5.41, 5.74) is 1.18. The molecule has 1 heterocycles. The van der Waals surface area contributed by atoms with Gasteiger partial charge < -0.3 is 10.1 Å². The van der Waals surface area contributed by atoms with Crippen LogP contribution in [0.3, 0.4) is 0 Å². The van der Waals surface area contributed by atoms with Crippen LogP contribution in [0, 0.1) is 9.39 Å². The Morgan fingerprint density at radius 2 is 2.39 bits per heavy atom. The number of nitrogens with one attached hydrogen (secondary N) is 1. The van der Waals surface area contributed by atoms with Gasteiger partial charge in [-0.2, -0.15) is 0 Å². The SMILES string of the molecule is CNC(CCC1CCCO1)c1ccc(F)cc1I. The molecular formula is C14H19FINO.